The Labute approximate surface area is 68.2 Å². The lowest BCUT2D eigenvalue weighted by Gasteiger charge is -2.21. The van der Waals surface area contributed by atoms with Crippen molar-refractivity contribution < 1.29 is 9.53 Å². The van der Waals surface area contributed by atoms with E-state index in [-0.39, 0.29) is 11.4 Å². The van der Waals surface area contributed by atoms with Gasteiger partial charge in [-0.1, -0.05) is 6.08 Å². The number of rotatable bonds is 5. The van der Waals surface area contributed by atoms with Crippen LogP contribution >= 0.6 is 0 Å². The fourth-order valence-electron chi connectivity index (χ4n) is 0.780. The predicted molar refractivity (Wildman–Crippen MR) is 45.5 cm³/mol. The van der Waals surface area contributed by atoms with Gasteiger partial charge < -0.3 is 4.74 Å². The molecule has 2 heteroatoms. The number of carbonyl (C=O) groups excluding carboxylic acids is 1. The van der Waals surface area contributed by atoms with Crippen LogP contribution < -0.4 is 0 Å². The second-order valence-corrected chi connectivity index (χ2v) is 3.17. The average molecular weight is 156 g/mol. The molecule has 0 atom stereocenters. The summed E-state index contributed by atoms with van der Waals surface area (Å²) < 4.78 is 5.10. The molecular formula is C9H16O2. The number of carbonyl (C=O) groups is 1. The van der Waals surface area contributed by atoms with Gasteiger partial charge in [-0.15, -0.1) is 6.58 Å². The normalized spacial score (nSPS) is 11.2. The molecular weight excluding hydrogens is 140 g/mol. The molecule has 0 spiro atoms. The first-order chi connectivity index (χ1) is 5.02. The monoisotopic (exact) mass is 156 g/mol. The molecule has 0 aromatic carbocycles. The number of Topliss-reactive ketones (excluding diaryl/α,β-unsaturated/α-hetero) is 1. The van der Waals surface area contributed by atoms with Crippen molar-refractivity contribution in [2.24, 2.45) is 0 Å². The Morgan fingerprint density at radius 3 is 2.55 bits per heavy atom. The largest absolute Gasteiger partial charge is 0.378 e. The molecule has 0 aliphatic rings. The van der Waals surface area contributed by atoms with E-state index in [0.717, 1.165) is 0 Å². The maximum absolute atomic E-state index is 11.1. The quantitative estimate of drug-likeness (QED) is 0.569. The summed E-state index contributed by atoms with van der Waals surface area (Å²) in [6.07, 6.45) is 2.51. The third-order valence-corrected chi connectivity index (χ3v) is 1.55. The Bertz CT molecular complexity index is 148. The first kappa shape index (κ1) is 10.4. The lowest BCUT2D eigenvalue weighted by molar-refractivity contribution is -0.123. The lowest BCUT2D eigenvalue weighted by atomic mass is 10.0. The zero-order chi connectivity index (χ0) is 8.91. The molecule has 11 heavy (non-hydrogen) atoms. The third kappa shape index (κ3) is 4.73. The SMILES string of the molecule is C=CCC(=O)CC(C)(C)OC. The van der Waals surface area contributed by atoms with Crippen LogP contribution in [0.4, 0.5) is 0 Å². The Kier molecular flexibility index (Phi) is 4.04. The average Bonchev–Trinajstić information content (AvgIpc) is 1.87. The fraction of sp³-hybridized carbons (Fsp3) is 0.667. The minimum Gasteiger partial charge on any atom is -0.378 e. The maximum atomic E-state index is 11.1. The summed E-state index contributed by atoms with van der Waals surface area (Å²) in [6, 6.07) is 0. The van der Waals surface area contributed by atoms with Crippen molar-refractivity contribution in [2.45, 2.75) is 32.3 Å². The van der Waals surface area contributed by atoms with Crippen molar-refractivity contribution in [3.05, 3.63) is 12.7 Å². The van der Waals surface area contributed by atoms with Gasteiger partial charge in [0.2, 0.25) is 0 Å². The highest BCUT2D eigenvalue weighted by Gasteiger charge is 2.19. The van der Waals surface area contributed by atoms with Crippen LogP contribution in [-0.4, -0.2) is 18.5 Å². The molecule has 0 aromatic heterocycles. The molecule has 0 saturated heterocycles. The van der Waals surface area contributed by atoms with Gasteiger partial charge in [-0.05, 0) is 13.8 Å². The van der Waals surface area contributed by atoms with Gasteiger partial charge in [0.05, 0.1) is 5.60 Å². The number of ketones is 1. The molecule has 0 radical (unpaired) electrons. The minimum absolute atomic E-state index is 0.173. The Balaban J connectivity index is 3.82. The van der Waals surface area contributed by atoms with Gasteiger partial charge in [0.1, 0.15) is 5.78 Å². The van der Waals surface area contributed by atoms with Crippen molar-refractivity contribution in [3.63, 3.8) is 0 Å². The lowest BCUT2D eigenvalue weighted by Crippen LogP contribution is -2.26. The van der Waals surface area contributed by atoms with E-state index >= 15 is 0 Å². The summed E-state index contributed by atoms with van der Waals surface area (Å²) in [5, 5.41) is 0. The highest BCUT2D eigenvalue weighted by molar-refractivity contribution is 5.80. The molecule has 0 aliphatic heterocycles. The zero-order valence-corrected chi connectivity index (χ0v) is 7.52. The predicted octanol–water partition coefficient (Wildman–Crippen LogP) is 1.95. The van der Waals surface area contributed by atoms with E-state index < -0.39 is 0 Å². The molecule has 0 aromatic rings. The van der Waals surface area contributed by atoms with Crippen LogP contribution in [0.3, 0.4) is 0 Å². The standard InChI is InChI=1S/C9H16O2/c1-5-6-8(10)7-9(2,3)11-4/h5H,1,6-7H2,2-4H3. The van der Waals surface area contributed by atoms with E-state index in [4.69, 9.17) is 4.74 Å². The molecule has 64 valence electrons. The smallest absolute Gasteiger partial charge is 0.139 e. The number of hydrogen-bond donors (Lipinski definition) is 0. The molecule has 0 N–H and O–H groups in total. The molecule has 0 heterocycles. The van der Waals surface area contributed by atoms with E-state index in [9.17, 15) is 4.79 Å². The second kappa shape index (κ2) is 4.29. The third-order valence-electron chi connectivity index (χ3n) is 1.55. The van der Waals surface area contributed by atoms with Gasteiger partial charge in [0, 0.05) is 20.0 Å². The molecule has 0 rings (SSSR count). The topological polar surface area (TPSA) is 26.3 Å². The van der Waals surface area contributed by atoms with Crippen molar-refractivity contribution >= 4 is 5.78 Å². The van der Waals surface area contributed by atoms with Crippen molar-refractivity contribution in [1.29, 1.82) is 0 Å². The van der Waals surface area contributed by atoms with Crippen molar-refractivity contribution in [3.8, 4) is 0 Å². The molecule has 0 saturated carbocycles. The van der Waals surface area contributed by atoms with E-state index in [1.54, 1.807) is 13.2 Å². The maximum Gasteiger partial charge on any atom is 0.139 e. The summed E-state index contributed by atoms with van der Waals surface area (Å²) in [5.41, 5.74) is -0.333. The van der Waals surface area contributed by atoms with Crippen LogP contribution in [0.2, 0.25) is 0 Å². The van der Waals surface area contributed by atoms with Crippen LogP contribution in [0.5, 0.6) is 0 Å². The molecule has 0 unspecified atom stereocenters. The number of ether oxygens (including phenoxy) is 1. The molecule has 0 aliphatic carbocycles. The summed E-state index contributed by atoms with van der Waals surface area (Å²) in [6.45, 7) is 7.29. The van der Waals surface area contributed by atoms with Gasteiger partial charge in [-0.3, -0.25) is 4.79 Å². The zero-order valence-electron chi connectivity index (χ0n) is 7.52. The first-order valence-corrected chi connectivity index (χ1v) is 3.69. The highest BCUT2D eigenvalue weighted by atomic mass is 16.5. The Morgan fingerprint density at radius 2 is 2.18 bits per heavy atom. The van der Waals surface area contributed by atoms with Crippen molar-refractivity contribution in [2.75, 3.05) is 7.11 Å². The summed E-state index contributed by atoms with van der Waals surface area (Å²) >= 11 is 0. The van der Waals surface area contributed by atoms with Gasteiger partial charge in [0.25, 0.3) is 0 Å². The highest BCUT2D eigenvalue weighted by Crippen LogP contribution is 2.14. The van der Waals surface area contributed by atoms with Crippen LogP contribution in [0.25, 0.3) is 0 Å². The van der Waals surface area contributed by atoms with Gasteiger partial charge in [0.15, 0.2) is 0 Å². The minimum atomic E-state index is -0.333. The number of allylic oxidation sites excluding steroid dienone is 1. The second-order valence-electron chi connectivity index (χ2n) is 3.17. The summed E-state index contributed by atoms with van der Waals surface area (Å²) in [7, 11) is 1.61. The van der Waals surface area contributed by atoms with Gasteiger partial charge in [-0.25, -0.2) is 0 Å². The van der Waals surface area contributed by atoms with Crippen LogP contribution in [-0.2, 0) is 9.53 Å². The van der Waals surface area contributed by atoms with E-state index in [1.807, 2.05) is 13.8 Å². The molecule has 0 amide bonds. The Morgan fingerprint density at radius 1 is 1.64 bits per heavy atom. The summed E-state index contributed by atoms with van der Waals surface area (Å²) in [5.74, 6) is 0.173. The van der Waals surface area contributed by atoms with Crippen LogP contribution in [0, 0.1) is 0 Å². The summed E-state index contributed by atoms with van der Waals surface area (Å²) in [4.78, 5) is 11.1. The molecule has 0 bridgehead atoms. The Hall–Kier alpha value is -0.630. The number of methoxy groups -OCH3 is 1. The van der Waals surface area contributed by atoms with Gasteiger partial charge >= 0.3 is 0 Å². The fourth-order valence-corrected chi connectivity index (χ4v) is 0.780. The first-order valence-electron chi connectivity index (χ1n) is 3.69. The van der Waals surface area contributed by atoms with E-state index in [1.165, 1.54) is 0 Å². The van der Waals surface area contributed by atoms with Crippen LogP contribution in [0.15, 0.2) is 12.7 Å². The molecule has 0 fully saturated rings. The van der Waals surface area contributed by atoms with Crippen LogP contribution in [0.1, 0.15) is 26.7 Å². The van der Waals surface area contributed by atoms with E-state index in [2.05, 4.69) is 6.58 Å². The van der Waals surface area contributed by atoms with Gasteiger partial charge in [-0.2, -0.15) is 0 Å². The van der Waals surface area contributed by atoms with Crippen molar-refractivity contribution in [1.82, 2.24) is 0 Å². The molecule has 2 nitrogen and oxygen atoms in total. The number of hydrogen-bond acceptors (Lipinski definition) is 2. The van der Waals surface area contributed by atoms with E-state index in [0.29, 0.717) is 12.8 Å².